The Labute approximate surface area is 118 Å². The van der Waals surface area contributed by atoms with Crippen LogP contribution in [0.1, 0.15) is 31.2 Å². The normalized spacial score (nSPS) is 10.7. The third kappa shape index (κ3) is 6.68. The summed E-state index contributed by atoms with van der Waals surface area (Å²) in [4.78, 5) is 11.5. The number of hydrogen-bond donors (Lipinski definition) is 3. The molecule has 0 radical (unpaired) electrons. The van der Waals surface area contributed by atoms with Crippen LogP contribution in [0.25, 0.3) is 6.08 Å². The molecular weight excluding hydrogens is 257 g/mol. The molecule has 1 aromatic carbocycles. The Morgan fingerprint density at radius 2 is 2.05 bits per heavy atom. The fourth-order valence-electron chi connectivity index (χ4n) is 1.66. The highest BCUT2D eigenvalue weighted by molar-refractivity contribution is 5.91. The van der Waals surface area contributed by atoms with Gasteiger partial charge < -0.3 is 11.1 Å². The van der Waals surface area contributed by atoms with E-state index in [4.69, 9.17) is 11.1 Å². The largest absolute Gasteiger partial charge is 0.388 e. The highest BCUT2D eigenvalue weighted by Gasteiger charge is 1.98. The summed E-state index contributed by atoms with van der Waals surface area (Å²) < 4.78 is 13.3. The van der Waals surface area contributed by atoms with E-state index in [0.717, 1.165) is 19.3 Å². The Morgan fingerprint density at radius 3 is 2.75 bits per heavy atom. The zero-order valence-electron chi connectivity index (χ0n) is 11.4. The molecule has 0 bridgehead atoms. The maximum atomic E-state index is 13.3. The SMILES string of the molecule is N=C(N)CCCCCNC(=O)/C=C/c1ccccc1F. The molecule has 108 valence electrons. The molecule has 5 heteroatoms. The Balaban J connectivity index is 2.20. The average Bonchev–Trinajstić information content (AvgIpc) is 2.41. The third-order valence-corrected chi connectivity index (χ3v) is 2.74. The minimum Gasteiger partial charge on any atom is -0.388 e. The molecule has 1 amide bonds. The minimum absolute atomic E-state index is 0.196. The standard InChI is InChI=1S/C15H20FN3O/c16-13-7-4-3-6-12(13)9-10-15(20)19-11-5-1-2-8-14(17)18/h3-4,6-7,9-10H,1-2,5,8,11H2,(H3,17,18)(H,19,20)/b10-9+. The predicted molar refractivity (Wildman–Crippen MR) is 78.8 cm³/mol. The number of carbonyl (C=O) groups is 1. The molecule has 4 N–H and O–H groups in total. The average molecular weight is 277 g/mol. The number of hydrogen-bond acceptors (Lipinski definition) is 2. The monoisotopic (exact) mass is 277 g/mol. The van der Waals surface area contributed by atoms with Crippen LogP contribution in [0.3, 0.4) is 0 Å². The Hall–Kier alpha value is -2.17. The van der Waals surface area contributed by atoms with Crippen LogP contribution in [0.15, 0.2) is 30.3 Å². The van der Waals surface area contributed by atoms with Crippen LogP contribution < -0.4 is 11.1 Å². The van der Waals surface area contributed by atoms with Crippen molar-refractivity contribution in [3.8, 4) is 0 Å². The molecule has 0 aromatic heterocycles. The molecule has 0 aliphatic heterocycles. The van der Waals surface area contributed by atoms with Crippen molar-refractivity contribution in [2.24, 2.45) is 5.73 Å². The number of nitrogens with two attached hydrogens (primary N) is 1. The molecule has 0 heterocycles. The van der Waals surface area contributed by atoms with Crippen molar-refractivity contribution < 1.29 is 9.18 Å². The van der Waals surface area contributed by atoms with Crippen molar-refractivity contribution in [2.75, 3.05) is 6.54 Å². The number of halogens is 1. The van der Waals surface area contributed by atoms with E-state index >= 15 is 0 Å². The number of amides is 1. The summed E-state index contributed by atoms with van der Waals surface area (Å²) >= 11 is 0. The summed E-state index contributed by atoms with van der Waals surface area (Å²) in [5.74, 6) is -0.387. The summed E-state index contributed by atoms with van der Waals surface area (Å²) in [7, 11) is 0. The smallest absolute Gasteiger partial charge is 0.244 e. The van der Waals surface area contributed by atoms with Gasteiger partial charge in [0.1, 0.15) is 5.82 Å². The number of nitrogens with one attached hydrogen (secondary N) is 2. The summed E-state index contributed by atoms with van der Waals surface area (Å²) in [6.07, 6.45) is 6.00. The van der Waals surface area contributed by atoms with Crippen molar-refractivity contribution in [1.82, 2.24) is 5.32 Å². The highest BCUT2D eigenvalue weighted by Crippen LogP contribution is 2.07. The van der Waals surface area contributed by atoms with Crippen LogP contribution in [0, 0.1) is 11.2 Å². The molecule has 0 saturated heterocycles. The van der Waals surface area contributed by atoms with Gasteiger partial charge in [0.25, 0.3) is 0 Å². The van der Waals surface area contributed by atoms with Gasteiger partial charge in [-0.15, -0.1) is 0 Å². The molecule has 0 aliphatic rings. The lowest BCUT2D eigenvalue weighted by Crippen LogP contribution is -2.22. The summed E-state index contributed by atoms with van der Waals surface area (Å²) in [6.45, 7) is 0.568. The van der Waals surface area contributed by atoms with Gasteiger partial charge in [-0.25, -0.2) is 4.39 Å². The molecule has 0 saturated carbocycles. The molecule has 20 heavy (non-hydrogen) atoms. The zero-order chi connectivity index (χ0) is 14.8. The lowest BCUT2D eigenvalue weighted by atomic mass is 10.2. The van der Waals surface area contributed by atoms with Gasteiger partial charge in [-0.3, -0.25) is 10.2 Å². The van der Waals surface area contributed by atoms with Crippen LogP contribution >= 0.6 is 0 Å². The number of rotatable bonds is 8. The summed E-state index contributed by atoms with van der Waals surface area (Å²) in [6, 6.07) is 6.29. The van der Waals surface area contributed by atoms with Crippen molar-refractivity contribution in [2.45, 2.75) is 25.7 Å². The summed E-state index contributed by atoms with van der Waals surface area (Å²) in [5, 5.41) is 9.79. The predicted octanol–water partition coefficient (Wildman–Crippen LogP) is 2.45. The van der Waals surface area contributed by atoms with Crippen LogP contribution in [0.5, 0.6) is 0 Å². The fourth-order valence-corrected chi connectivity index (χ4v) is 1.66. The van der Waals surface area contributed by atoms with Gasteiger partial charge in [-0.05, 0) is 25.0 Å². The van der Waals surface area contributed by atoms with Gasteiger partial charge in [0, 0.05) is 24.6 Å². The van der Waals surface area contributed by atoms with Crippen LogP contribution in [0.4, 0.5) is 4.39 Å². The minimum atomic E-state index is -0.346. The van der Waals surface area contributed by atoms with Gasteiger partial charge in [-0.2, -0.15) is 0 Å². The van der Waals surface area contributed by atoms with Crippen LogP contribution in [-0.2, 0) is 4.79 Å². The van der Waals surface area contributed by atoms with Crippen molar-refractivity contribution in [3.05, 3.63) is 41.7 Å². The third-order valence-electron chi connectivity index (χ3n) is 2.74. The molecule has 1 aromatic rings. The van der Waals surface area contributed by atoms with Crippen molar-refractivity contribution in [1.29, 1.82) is 5.41 Å². The lowest BCUT2D eigenvalue weighted by molar-refractivity contribution is -0.116. The number of carbonyl (C=O) groups excluding carboxylic acids is 1. The zero-order valence-corrected chi connectivity index (χ0v) is 11.4. The maximum absolute atomic E-state index is 13.3. The van der Waals surface area contributed by atoms with E-state index in [9.17, 15) is 9.18 Å². The quantitative estimate of drug-likeness (QED) is 0.295. The van der Waals surface area contributed by atoms with Gasteiger partial charge in [0.15, 0.2) is 0 Å². The molecule has 4 nitrogen and oxygen atoms in total. The second-order valence-electron chi connectivity index (χ2n) is 4.48. The molecule has 0 aliphatic carbocycles. The van der Waals surface area contributed by atoms with Crippen molar-refractivity contribution >= 4 is 17.8 Å². The van der Waals surface area contributed by atoms with Gasteiger partial charge in [0.05, 0.1) is 5.84 Å². The first kappa shape index (κ1) is 15.9. The van der Waals surface area contributed by atoms with Gasteiger partial charge in [0.2, 0.25) is 5.91 Å². The van der Waals surface area contributed by atoms with E-state index in [1.807, 2.05) is 0 Å². The van der Waals surface area contributed by atoms with E-state index in [1.165, 1.54) is 18.2 Å². The Bertz CT molecular complexity index is 486. The van der Waals surface area contributed by atoms with Crippen molar-refractivity contribution in [3.63, 3.8) is 0 Å². The second-order valence-corrected chi connectivity index (χ2v) is 4.48. The second kappa shape index (κ2) is 8.85. The molecule has 0 unspecified atom stereocenters. The lowest BCUT2D eigenvalue weighted by Gasteiger charge is -2.02. The first-order valence-corrected chi connectivity index (χ1v) is 6.63. The Kier molecular flexibility index (Phi) is 7.03. The van der Waals surface area contributed by atoms with Gasteiger partial charge in [-0.1, -0.05) is 24.6 Å². The van der Waals surface area contributed by atoms with E-state index in [1.54, 1.807) is 18.2 Å². The molecular formula is C15H20FN3O. The molecule has 0 spiro atoms. The maximum Gasteiger partial charge on any atom is 0.244 e. The molecule has 0 atom stereocenters. The van der Waals surface area contributed by atoms with E-state index in [0.29, 0.717) is 18.5 Å². The number of benzene rings is 1. The first-order valence-electron chi connectivity index (χ1n) is 6.63. The summed E-state index contributed by atoms with van der Waals surface area (Å²) in [5.41, 5.74) is 5.63. The highest BCUT2D eigenvalue weighted by atomic mass is 19.1. The number of amidine groups is 1. The van der Waals surface area contributed by atoms with Crippen LogP contribution in [-0.4, -0.2) is 18.3 Å². The number of unbranched alkanes of at least 4 members (excludes halogenated alkanes) is 2. The Morgan fingerprint density at radius 1 is 1.30 bits per heavy atom. The first-order chi connectivity index (χ1) is 9.59. The molecule has 1 rings (SSSR count). The topological polar surface area (TPSA) is 79.0 Å². The van der Waals surface area contributed by atoms with Gasteiger partial charge >= 0.3 is 0 Å². The van der Waals surface area contributed by atoms with E-state index < -0.39 is 0 Å². The fraction of sp³-hybridized carbons (Fsp3) is 0.333. The van der Waals surface area contributed by atoms with E-state index in [-0.39, 0.29) is 17.6 Å². The van der Waals surface area contributed by atoms with E-state index in [2.05, 4.69) is 5.32 Å². The van der Waals surface area contributed by atoms with Crippen LogP contribution in [0.2, 0.25) is 0 Å². The molecule has 0 fully saturated rings.